The molecular formula is C18H17F3N2O3. The molecule has 0 fully saturated rings. The molecule has 0 spiro atoms. The Hall–Kier alpha value is -3.03. The number of carbonyl (C=O) groups is 2. The normalized spacial score (nSPS) is 12.2. The molecule has 2 N–H and O–H groups in total. The van der Waals surface area contributed by atoms with E-state index >= 15 is 0 Å². The van der Waals surface area contributed by atoms with Gasteiger partial charge in [0, 0.05) is 12.6 Å². The predicted molar refractivity (Wildman–Crippen MR) is 90.9 cm³/mol. The quantitative estimate of drug-likeness (QED) is 0.838. The van der Waals surface area contributed by atoms with E-state index < -0.39 is 23.8 Å². The van der Waals surface area contributed by atoms with Crippen LogP contribution >= 0.6 is 0 Å². The first-order chi connectivity index (χ1) is 12.2. The molecule has 1 atom stereocenters. The third kappa shape index (κ3) is 5.23. The number of anilines is 2. The van der Waals surface area contributed by atoms with Crippen molar-refractivity contribution in [3.8, 4) is 5.75 Å². The van der Waals surface area contributed by atoms with Gasteiger partial charge in [-0.1, -0.05) is 18.2 Å². The highest BCUT2D eigenvalue weighted by Crippen LogP contribution is 2.31. The highest BCUT2D eigenvalue weighted by molar-refractivity contribution is 5.94. The maximum absolute atomic E-state index is 12.7. The van der Waals surface area contributed by atoms with Crippen LogP contribution in [-0.2, 0) is 15.8 Å². The fourth-order valence-electron chi connectivity index (χ4n) is 2.12. The summed E-state index contributed by atoms with van der Waals surface area (Å²) in [5.74, 6) is -0.654. The van der Waals surface area contributed by atoms with Crippen molar-refractivity contribution in [3.63, 3.8) is 0 Å². The monoisotopic (exact) mass is 366 g/mol. The van der Waals surface area contributed by atoms with Crippen molar-refractivity contribution in [1.82, 2.24) is 0 Å². The van der Waals surface area contributed by atoms with Gasteiger partial charge in [-0.15, -0.1) is 0 Å². The fourth-order valence-corrected chi connectivity index (χ4v) is 2.12. The predicted octanol–water partition coefficient (Wildman–Crippen LogP) is 4.07. The zero-order chi connectivity index (χ0) is 19.3. The van der Waals surface area contributed by atoms with Crippen LogP contribution in [0.4, 0.5) is 24.5 Å². The van der Waals surface area contributed by atoms with Crippen LogP contribution in [0.1, 0.15) is 19.4 Å². The maximum Gasteiger partial charge on any atom is 0.416 e. The van der Waals surface area contributed by atoms with Gasteiger partial charge >= 0.3 is 6.18 Å². The highest BCUT2D eigenvalue weighted by Gasteiger charge is 2.30. The maximum atomic E-state index is 12.7. The fraction of sp³-hybridized carbons (Fsp3) is 0.222. The molecule has 2 aromatic carbocycles. The van der Waals surface area contributed by atoms with E-state index in [4.69, 9.17) is 4.74 Å². The van der Waals surface area contributed by atoms with Gasteiger partial charge in [-0.25, -0.2) is 0 Å². The van der Waals surface area contributed by atoms with Crippen molar-refractivity contribution < 1.29 is 27.5 Å². The number of hydrogen-bond donors (Lipinski definition) is 2. The summed E-state index contributed by atoms with van der Waals surface area (Å²) in [6, 6.07) is 10.8. The summed E-state index contributed by atoms with van der Waals surface area (Å²) in [7, 11) is 0. The van der Waals surface area contributed by atoms with Crippen LogP contribution in [0, 0.1) is 0 Å². The van der Waals surface area contributed by atoms with Crippen molar-refractivity contribution >= 4 is 23.2 Å². The van der Waals surface area contributed by atoms with Crippen molar-refractivity contribution in [1.29, 1.82) is 0 Å². The summed E-state index contributed by atoms with van der Waals surface area (Å²) < 4.78 is 43.7. The number of alkyl halides is 3. The van der Waals surface area contributed by atoms with Crippen LogP contribution < -0.4 is 15.4 Å². The topological polar surface area (TPSA) is 67.4 Å². The molecule has 0 bridgehead atoms. The average Bonchev–Trinajstić information content (AvgIpc) is 2.55. The lowest BCUT2D eigenvalue weighted by Gasteiger charge is -2.17. The molecule has 2 rings (SSSR count). The Morgan fingerprint density at radius 2 is 1.73 bits per heavy atom. The van der Waals surface area contributed by atoms with Gasteiger partial charge in [0.05, 0.1) is 11.3 Å². The number of amides is 2. The van der Waals surface area contributed by atoms with Crippen LogP contribution in [0.3, 0.4) is 0 Å². The van der Waals surface area contributed by atoms with Gasteiger partial charge in [-0.05, 0) is 37.3 Å². The second kappa shape index (κ2) is 7.90. The smallest absolute Gasteiger partial charge is 0.416 e. The van der Waals surface area contributed by atoms with Crippen LogP contribution in [0.15, 0.2) is 48.5 Å². The molecule has 0 aromatic heterocycles. The van der Waals surface area contributed by atoms with Gasteiger partial charge < -0.3 is 15.4 Å². The number of ether oxygens (including phenoxy) is 1. The van der Waals surface area contributed by atoms with Gasteiger partial charge in [0.2, 0.25) is 5.91 Å². The summed E-state index contributed by atoms with van der Waals surface area (Å²) in [5, 5.41) is 4.95. The van der Waals surface area contributed by atoms with Gasteiger partial charge in [0.25, 0.3) is 5.91 Å². The molecular weight excluding hydrogens is 349 g/mol. The molecule has 0 aliphatic heterocycles. The standard InChI is InChI=1S/C18H17F3N2O3/c1-11(26-16-9-4-3-8-15(16)22-12(2)24)17(25)23-14-7-5-6-13(10-14)18(19,20)21/h3-11H,1-2H3,(H,22,24)(H,23,25)/t11-/m1/s1. The van der Waals surface area contributed by atoms with E-state index in [1.807, 2.05) is 0 Å². The lowest BCUT2D eigenvalue weighted by atomic mass is 10.2. The molecule has 0 aliphatic rings. The number of benzene rings is 2. The van der Waals surface area contributed by atoms with Crippen LogP contribution in [0.2, 0.25) is 0 Å². The van der Waals surface area contributed by atoms with Crippen molar-refractivity contribution in [3.05, 3.63) is 54.1 Å². The molecule has 0 heterocycles. The molecule has 0 saturated heterocycles. The molecule has 8 heteroatoms. The molecule has 0 radical (unpaired) electrons. The molecule has 5 nitrogen and oxygen atoms in total. The Morgan fingerprint density at radius 3 is 2.38 bits per heavy atom. The van der Waals surface area contributed by atoms with E-state index in [1.165, 1.54) is 26.0 Å². The first-order valence-electron chi connectivity index (χ1n) is 7.68. The number of hydrogen-bond acceptors (Lipinski definition) is 3. The van der Waals surface area contributed by atoms with Crippen LogP contribution in [-0.4, -0.2) is 17.9 Å². The lowest BCUT2D eigenvalue weighted by molar-refractivity contribution is -0.137. The van der Waals surface area contributed by atoms with Gasteiger partial charge in [-0.3, -0.25) is 9.59 Å². The van der Waals surface area contributed by atoms with Crippen molar-refractivity contribution in [2.24, 2.45) is 0 Å². The first kappa shape index (κ1) is 19.3. The Bertz CT molecular complexity index is 806. The number of nitrogens with one attached hydrogen (secondary N) is 2. The molecule has 138 valence electrons. The minimum absolute atomic E-state index is 0.00965. The minimum atomic E-state index is -4.50. The third-order valence-electron chi connectivity index (χ3n) is 3.33. The molecule has 0 saturated carbocycles. The first-order valence-corrected chi connectivity index (χ1v) is 7.68. The van der Waals surface area contributed by atoms with Crippen LogP contribution in [0.5, 0.6) is 5.75 Å². The second-order valence-electron chi connectivity index (χ2n) is 5.51. The Balaban J connectivity index is 2.08. The zero-order valence-corrected chi connectivity index (χ0v) is 14.1. The van der Waals surface area contributed by atoms with E-state index in [-0.39, 0.29) is 17.3 Å². The molecule has 0 aliphatic carbocycles. The van der Waals surface area contributed by atoms with E-state index in [1.54, 1.807) is 24.3 Å². The number of para-hydroxylation sites is 2. The summed E-state index contributed by atoms with van der Waals surface area (Å²) in [5.41, 5.74) is -0.464. The minimum Gasteiger partial charge on any atom is -0.479 e. The summed E-state index contributed by atoms with van der Waals surface area (Å²) in [4.78, 5) is 23.4. The molecule has 2 aromatic rings. The van der Waals surface area contributed by atoms with Crippen LogP contribution in [0.25, 0.3) is 0 Å². The van der Waals surface area contributed by atoms with Gasteiger partial charge in [0.1, 0.15) is 5.75 Å². The number of halogens is 3. The van der Waals surface area contributed by atoms with E-state index in [9.17, 15) is 22.8 Å². The Morgan fingerprint density at radius 1 is 1.04 bits per heavy atom. The average molecular weight is 366 g/mol. The van der Waals surface area contributed by atoms with Crippen molar-refractivity contribution in [2.75, 3.05) is 10.6 Å². The number of rotatable bonds is 5. The summed E-state index contributed by atoms with van der Waals surface area (Å²) in [6.45, 7) is 2.79. The second-order valence-corrected chi connectivity index (χ2v) is 5.51. The molecule has 26 heavy (non-hydrogen) atoms. The Kier molecular flexibility index (Phi) is 5.86. The van der Waals surface area contributed by atoms with E-state index in [2.05, 4.69) is 10.6 Å². The molecule has 0 unspecified atom stereocenters. The lowest BCUT2D eigenvalue weighted by Crippen LogP contribution is -2.30. The van der Waals surface area contributed by atoms with E-state index in [0.29, 0.717) is 5.69 Å². The highest BCUT2D eigenvalue weighted by atomic mass is 19.4. The summed E-state index contributed by atoms with van der Waals surface area (Å²) in [6.07, 6.45) is -5.50. The van der Waals surface area contributed by atoms with Gasteiger partial charge in [0.15, 0.2) is 6.10 Å². The van der Waals surface area contributed by atoms with Crippen molar-refractivity contribution in [2.45, 2.75) is 26.1 Å². The SMILES string of the molecule is CC(=O)Nc1ccccc1O[C@H](C)C(=O)Nc1cccc(C(F)(F)F)c1. The van der Waals surface area contributed by atoms with Gasteiger partial charge in [-0.2, -0.15) is 13.2 Å². The molecule has 2 amide bonds. The summed E-state index contributed by atoms with van der Waals surface area (Å²) >= 11 is 0. The van der Waals surface area contributed by atoms with E-state index in [0.717, 1.165) is 12.1 Å². The largest absolute Gasteiger partial charge is 0.479 e. The third-order valence-corrected chi connectivity index (χ3v) is 3.33. The number of carbonyl (C=O) groups excluding carboxylic acids is 2. The Labute approximate surface area is 148 Å². The zero-order valence-electron chi connectivity index (χ0n) is 14.1.